The van der Waals surface area contributed by atoms with Crippen molar-refractivity contribution >= 4 is 17.5 Å². The van der Waals surface area contributed by atoms with Crippen molar-refractivity contribution in [2.75, 3.05) is 0 Å². The van der Waals surface area contributed by atoms with Gasteiger partial charge >= 0.3 is 0 Å². The Balaban J connectivity index is 0.000000259. The average molecular weight is 777 g/mol. The maximum atomic E-state index is 13.1. The predicted molar refractivity (Wildman–Crippen MR) is 197 cm³/mol. The topological polar surface area (TPSA) is 238 Å². The number of benzene rings is 2. The van der Waals surface area contributed by atoms with Crippen LogP contribution in [0.5, 0.6) is 11.5 Å². The number of hydrogen-bond acceptors (Lipinski definition) is 13. The minimum Gasteiger partial charge on any atom is -0.501 e. The van der Waals surface area contributed by atoms with Crippen molar-refractivity contribution in [2.24, 2.45) is 19.8 Å². The Labute approximate surface area is 319 Å². The van der Waals surface area contributed by atoms with E-state index in [-0.39, 0.29) is 66.6 Å². The molecule has 0 atom stereocenters. The van der Waals surface area contributed by atoms with Crippen LogP contribution in [0.1, 0.15) is 101 Å². The molecule has 0 spiro atoms. The third kappa shape index (κ3) is 10.0. The number of nitrogens with one attached hydrogen (secondary N) is 1. The molecule has 0 unspecified atom stereocenters. The average Bonchev–Trinajstić information content (AvgIpc) is 3.58. The highest BCUT2D eigenvalue weighted by molar-refractivity contribution is 5.97. The largest absolute Gasteiger partial charge is 0.501 e. The number of Topliss-reactive ketones (excluding diaryl/α,β-unsaturated/α-hetero) is 2. The first-order chi connectivity index (χ1) is 26.1. The molecule has 3 heterocycles. The molecule has 3 aromatic heterocycles. The molecule has 5 rings (SSSR count). The maximum absolute atomic E-state index is 13.1. The van der Waals surface area contributed by atoms with E-state index in [1.807, 2.05) is 0 Å². The molecule has 296 valence electrons. The van der Waals surface area contributed by atoms with E-state index in [4.69, 9.17) is 10.2 Å². The van der Waals surface area contributed by atoms with Gasteiger partial charge in [-0.2, -0.15) is 0 Å². The van der Waals surface area contributed by atoms with Crippen LogP contribution in [-0.4, -0.2) is 57.0 Å². The van der Waals surface area contributed by atoms with E-state index >= 15 is 0 Å². The molecule has 5 aromatic rings. The fraction of sp³-hybridized carbons (Fsp3) is 0.342. The Morgan fingerprint density at radius 3 is 1.80 bits per heavy atom. The minimum atomic E-state index is -0.993. The Kier molecular flexibility index (Phi) is 12.8. The minimum absolute atomic E-state index is 0.0422. The predicted octanol–water partition coefficient (Wildman–Crippen LogP) is 3.43. The van der Waals surface area contributed by atoms with Crippen molar-refractivity contribution in [2.45, 2.75) is 71.4 Å². The summed E-state index contributed by atoms with van der Waals surface area (Å²) in [6.45, 7) is 8.28. The molecular formula is C38H42F2N8O8. The molecule has 0 radical (unpaired) electrons. The number of hydrogen-bond donors (Lipinski definition) is 4. The number of amides is 1. The molecule has 2 aromatic carbocycles. The van der Waals surface area contributed by atoms with Gasteiger partial charge in [0.2, 0.25) is 23.2 Å². The van der Waals surface area contributed by atoms with Crippen LogP contribution in [0, 0.1) is 18.6 Å². The summed E-state index contributed by atoms with van der Waals surface area (Å²) in [6.07, 6.45) is 0.117. The van der Waals surface area contributed by atoms with Gasteiger partial charge in [0.05, 0.1) is 5.54 Å². The van der Waals surface area contributed by atoms with Crippen LogP contribution in [0.3, 0.4) is 0 Å². The zero-order valence-corrected chi connectivity index (χ0v) is 31.8. The van der Waals surface area contributed by atoms with E-state index in [1.165, 1.54) is 50.5 Å². The summed E-state index contributed by atoms with van der Waals surface area (Å²) in [5.74, 6) is -3.58. The molecule has 0 bridgehead atoms. The maximum Gasteiger partial charge on any atom is 0.296 e. The van der Waals surface area contributed by atoms with E-state index in [0.29, 0.717) is 5.56 Å². The number of halogens is 2. The third-order valence-electron chi connectivity index (χ3n) is 8.48. The van der Waals surface area contributed by atoms with Crippen molar-refractivity contribution in [3.8, 4) is 11.5 Å². The molecule has 18 heteroatoms. The summed E-state index contributed by atoms with van der Waals surface area (Å²) < 4.78 is 33.3. The quantitative estimate of drug-likeness (QED) is 0.133. The van der Waals surface area contributed by atoms with Gasteiger partial charge in [-0.1, -0.05) is 38.1 Å². The monoisotopic (exact) mass is 776 g/mol. The third-order valence-corrected chi connectivity index (χ3v) is 8.48. The zero-order valence-electron chi connectivity index (χ0n) is 31.8. The van der Waals surface area contributed by atoms with Crippen LogP contribution in [0.15, 0.2) is 62.5 Å². The molecule has 1 amide bonds. The fourth-order valence-electron chi connectivity index (χ4n) is 5.58. The smallest absolute Gasteiger partial charge is 0.296 e. The number of carbonyl (C=O) groups is 3. The number of aromatic nitrogens is 6. The second-order valence-corrected chi connectivity index (χ2v) is 14.2. The van der Waals surface area contributed by atoms with E-state index in [0.717, 1.165) is 14.7 Å². The van der Waals surface area contributed by atoms with Crippen molar-refractivity contribution in [1.82, 2.24) is 34.6 Å². The molecule has 0 aliphatic heterocycles. The summed E-state index contributed by atoms with van der Waals surface area (Å²) in [5.41, 5.74) is 3.06. The lowest BCUT2D eigenvalue weighted by Crippen LogP contribution is -2.39. The van der Waals surface area contributed by atoms with Crippen LogP contribution in [-0.2, 0) is 38.0 Å². The van der Waals surface area contributed by atoms with Crippen molar-refractivity contribution < 1.29 is 37.8 Å². The van der Waals surface area contributed by atoms with Crippen LogP contribution >= 0.6 is 0 Å². The lowest BCUT2D eigenvalue weighted by atomic mass is 9.85. The van der Waals surface area contributed by atoms with Crippen LogP contribution in [0.4, 0.5) is 8.78 Å². The normalized spacial score (nSPS) is 11.5. The molecule has 56 heavy (non-hydrogen) atoms. The van der Waals surface area contributed by atoms with Gasteiger partial charge in [0, 0.05) is 45.8 Å². The van der Waals surface area contributed by atoms with Crippen LogP contribution in [0.25, 0.3) is 0 Å². The fourth-order valence-corrected chi connectivity index (χ4v) is 5.58. The SMILES string of the molecule is Cc1nnc(C(=O)CC(C)(C)c2nc(C(=O)CCc3ccc(F)cc3)c(O)c(=O)n2C)o1.Cn1c(C(C)(C)N)nc(C(=O)NCc2ccc(F)cc2)c(O)c1=O. The van der Waals surface area contributed by atoms with E-state index in [2.05, 4.69) is 25.5 Å². The first-order valence-electron chi connectivity index (χ1n) is 17.1. The second-order valence-electron chi connectivity index (χ2n) is 14.2. The zero-order chi connectivity index (χ0) is 41.7. The number of ketones is 2. The van der Waals surface area contributed by atoms with Gasteiger partial charge in [-0.3, -0.25) is 33.1 Å². The molecule has 16 nitrogen and oxygen atoms in total. The Morgan fingerprint density at radius 2 is 1.29 bits per heavy atom. The lowest BCUT2D eigenvalue weighted by Gasteiger charge is -2.25. The number of nitrogens with zero attached hydrogens (tertiary/aromatic N) is 6. The first-order valence-corrected chi connectivity index (χ1v) is 17.1. The van der Waals surface area contributed by atoms with Gasteiger partial charge in [0.15, 0.2) is 17.2 Å². The van der Waals surface area contributed by atoms with Crippen molar-refractivity contribution in [1.29, 1.82) is 0 Å². The molecule has 0 saturated heterocycles. The highest BCUT2D eigenvalue weighted by atomic mass is 19.1. The number of aromatic hydroxyl groups is 2. The lowest BCUT2D eigenvalue weighted by molar-refractivity contribution is 0.0916. The van der Waals surface area contributed by atoms with E-state index in [1.54, 1.807) is 46.8 Å². The van der Waals surface area contributed by atoms with E-state index in [9.17, 15) is 43.0 Å². The standard InChI is InChI=1S/C22H23FN4O5.C16H19FN4O3/c1-12-25-26-19(32-12)16(29)11-22(2,3)21-24-17(18(30)20(31)27(21)4)15(28)10-7-13-5-8-14(23)9-6-13;1-16(2,18)15-20-11(12(22)14(24)21(15)3)13(23)19-8-9-4-6-10(17)7-5-9/h5-6,8-9,30H,7,10-11H2,1-4H3;4-7,22H,8,18H2,1-3H3,(H,19,23). The molecular weight excluding hydrogens is 734 g/mol. The number of aryl methyl sites for hydroxylation is 2. The Hall–Kier alpha value is -6.43. The highest BCUT2D eigenvalue weighted by Crippen LogP contribution is 2.28. The first kappa shape index (κ1) is 42.3. The van der Waals surface area contributed by atoms with Gasteiger partial charge in [0.25, 0.3) is 22.9 Å². The Morgan fingerprint density at radius 1 is 0.786 bits per heavy atom. The summed E-state index contributed by atoms with van der Waals surface area (Å²) >= 11 is 0. The van der Waals surface area contributed by atoms with Gasteiger partial charge < -0.3 is 25.7 Å². The van der Waals surface area contributed by atoms with Crippen LogP contribution in [0.2, 0.25) is 0 Å². The summed E-state index contributed by atoms with van der Waals surface area (Å²) in [7, 11) is 2.82. The molecule has 0 fully saturated rings. The number of carbonyl (C=O) groups excluding carboxylic acids is 3. The second kappa shape index (κ2) is 16.9. The van der Waals surface area contributed by atoms with Gasteiger partial charge in [-0.25, -0.2) is 18.7 Å². The van der Waals surface area contributed by atoms with Gasteiger partial charge in [0.1, 0.15) is 23.3 Å². The van der Waals surface area contributed by atoms with Crippen LogP contribution < -0.4 is 22.2 Å². The molecule has 5 N–H and O–H groups in total. The number of rotatable bonds is 12. The summed E-state index contributed by atoms with van der Waals surface area (Å²) in [4.78, 5) is 70.5. The van der Waals surface area contributed by atoms with Crippen molar-refractivity contribution in [3.63, 3.8) is 0 Å². The highest BCUT2D eigenvalue weighted by Gasteiger charge is 2.33. The summed E-state index contributed by atoms with van der Waals surface area (Å²) in [6, 6.07) is 11.3. The molecule has 0 saturated carbocycles. The summed E-state index contributed by atoms with van der Waals surface area (Å²) in [5, 5.41) is 30.1. The Bertz CT molecular complexity index is 2380. The molecule has 0 aliphatic carbocycles. The molecule has 0 aliphatic rings. The number of nitrogens with two attached hydrogens (primary N) is 1. The van der Waals surface area contributed by atoms with Gasteiger partial charge in [-0.15, -0.1) is 10.2 Å². The van der Waals surface area contributed by atoms with Crippen molar-refractivity contribution in [3.05, 3.63) is 127 Å². The van der Waals surface area contributed by atoms with Gasteiger partial charge in [-0.05, 0) is 55.7 Å². The van der Waals surface area contributed by atoms with E-state index < -0.39 is 56.7 Å².